The Kier molecular flexibility index (Phi) is 4.01. The molecule has 9 heteroatoms. The van der Waals surface area contributed by atoms with Crippen LogP contribution in [0.3, 0.4) is 0 Å². The van der Waals surface area contributed by atoms with Crippen LogP contribution in [0.5, 0.6) is 0 Å². The van der Waals surface area contributed by atoms with E-state index in [1.165, 1.54) is 0 Å². The second-order valence-electron chi connectivity index (χ2n) is 4.33. The first kappa shape index (κ1) is 15.8. The molecule has 6 nitrogen and oxygen atoms in total. The highest BCUT2D eigenvalue weighted by atomic mass is 35.5. The standard InChI is InChI=1S/C12H10Cl2N2O4S/c1-6-3-7(2)16(15-6)21(19,20)11-4-8(12(17)18)9(13)5-10(11)14/h3-5H,1-2H3,(H,17,18)/p-1. The summed E-state index contributed by atoms with van der Waals surface area (Å²) in [5.74, 6) is -1.60. The number of carbonyl (C=O) groups is 1. The summed E-state index contributed by atoms with van der Waals surface area (Å²) < 4.78 is 25.9. The molecule has 0 saturated carbocycles. The molecule has 1 aromatic heterocycles. The van der Waals surface area contributed by atoms with Crippen LogP contribution in [0, 0.1) is 13.8 Å². The van der Waals surface area contributed by atoms with E-state index in [9.17, 15) is 18.3 Å². The lowest BCUT2D eigenvalue weighted by molar-refractivity contribution is -0.255. The van der Waals surface area contributed by atoms with Crippen molar-refractivity contribution >= 4 is 39.2 Å². The third-order valence-electron chi connectivity index (χ3n) is 2.72. The van der Waals surface area contributed by atoms with E-state index in [-0.39, 0.29) is 10.0 Å². The smallest absolute Gasteiger partial charge is 0.284 e. The van der Waals surface area contributed by atoms with Crippen LogP contribution in [-0.2, 0) is 10.0 Å². The van der Waals surface area contributed by atoms with Crippen molar-refractivity contribution in [3.05, 3.63) is 45.2 Å². The number of carbonyl (C=O) groups excluding carboxylic acids is 1. The van der Waals surface area contributed by atoms with E-state index in [2.05, 4.69) is 5.10 Å². The molecule has 0 atom stereocenters. The van der Waals surface area contributed by atoms with Gasteiger partial charge in [0.05, 0.1) is 27.4 Å². The van der Waals surface area contributed by atoms with Crippen molar-refractivity contribution in [2.45, 2.75) is 18.7 Å². The molecule has 1 heterocycles. The van der Waals surface area contributed by atoms with Crippen LogP contribution >= 0.6 is 23.2 Å². The quantitative estimate of drug-likeness (QED) is 0.836. The highest BCUT2D eigenvalue weighted by Gasteiger charge is 2.25. The molecule has 0 N–H and O–H groups in total. The van der Waals surface area contributed by atoms with Crippen LogP contribution in [0.2, 0.25) is 10.0 Å². The molecule has 0 fully saturated rings. The summed E-state index contributed by atoms with van der Waals surface area (Å²) in [6, 6.07) is 3.49. The number of carboxylic acids is 1. The number of aromatic carboxylic acids is 1. The van der Waals surface area contributed by atoms with E-state index in [1.807, 2.05) is 0 Å². The zero-order valence-corrected chi connectivity index (χ0v) is 13.3. The van der Waals surface area contributed by atoms with E-state index < -0.39 is 26.5 Å². The molecule has 0 aliphatic rings. The number of rotatable bonds is 3. The Labute approximate surface area is 131 Å². The lowest BCUT2D eigenvalue weighted by Crippen LogP contribution is -2.24. The Bertz CT molecular complexity index is 843. The molecule has 0 bridgehead atoms. The lowest BCUT2D eigenvalue weighted by atomic mass is 10.2. The molecule has 2 aromatic rings. The van der Waals surface area contributed by atoms with E-state index in [4.69, 9.17) is 23.2 Å². The fourth-order valence-electron chi connectivity index (χ4n) is 1.83. The van der Waals surface area contributed by atoms with Crippen LogP contribution in [0.1, 0.15) is 21.7 Å². The summed E-state index contributed by atoms with van der Waals surface area (Å²) in [5, 5.41) is 14.4. The highest BCUT2D eigenvalue weighted by Crippen LogP contribution is 2.30. The van der Waals surface area contributed by atoms with Crippen molar-refractivity contribution in [2.75, 3.05) is 0 Å². The van der Waals surface area contributed by atoms with Gasteiger partial charge in [-0.3, -0.25) is 0 Å². The lowest BCUT2D eigenvalue weighted by Gasteiger charge is -2.12. The van der Waals surface area contributed by atoms with Gasteiger partial charge in [0.1, 0.15) is 4.90 Å². The second-order valence-corrected chi connectivity index (χ2v) is 6.88. The van der Waals surface area contributed by atoms with Crippen LogP contribution < -0.4 is 5.11 Å². The molecular formula is C12H9Cl2N2O4S-. The highest BCUT2D eigenvalue weighted by molar-refractivity contribution is 7.90. The molecule has 21 heavy (non-hydrogen) atoms. The van der Waals surface area contributed by atoms with Gasteiger partial charge >= 0.3 is 0 Å². The minimum atomic E-state index is -4.13. The summed E-state index contributed by atoms with van der Waals surface area (Å²) in [6.07, 6.45) is 0. The number of nitrogens with zero attached hydrogens (tertiary/aromatic N) is 2. The van der Waals surface area contributed by atoms with Crippen LogP contribution in [-0.4, -0.2) is 23.6 Å². The molecule has 0 unspecified atom stereocenters. The average Bonchev–Trinajstić information content (AvgIpc) is 2.68. The van der Waals surface area contributed by atoms with E-state index in [1.54, 1.807) is 19.9 Å². The van der Waals surface area contributed by atoms with Crippen molar-refractivity contribution in [1.29, 1.82) is 0 Å². The molecule has 0 aliphatic heterocycles. The van der Waals surface area contributed by atoms with Crippen molar-refractivity contribution in [2.24, 2.45) is 0 Å². The number of aryl methyl sites for hydroxylation is 2. The van der Waals surface area contributed by atoms with Crippen LogP contribution in [0.15, 0.2) is 23.1 Å². The fourth-order valence-corrected chi connectivity index (χ4v) is 4.01. The number of aromatic nitrogens is 2. The van der Waals surface area contributed by atoms with Gasteiger partial charge in [0, 0.05) is 5.56 Å². The van der Waals surface area contributed by atoms with Gasteiger partial charge in [0.25, 0.3) is 10.0 Å². The first-order chi connectivity index (χ1) is 9.64. The number of halogens is 2. The van der Waals surface area contributed by atoms with Crippen molar-refractivity contribution in [1.82, 2.24) is 9.19 Å². The molecule has 1 aromatic carbocycles. The molecule has 2 rings (SSSR count). The summed E-state index contributed by atoms with van der Waals surface area (Å²) in [4.78, 5) is 10.6. The Hall–Kier alpha value is -1.57. The van der Waals surface area contributed by atoms with Gasteiger partial charge in [-0.2, -0.15) is 17.6 Å². The van der Waals surface area contributed by atoms with Crippen molar-refractivity contribution in [3.8, 4) is 0 Å². The average molecular weight is 348 g/mol. The molecule has 0 radical (unpaired) electrons. The van der Waals surface area contributed by atoms with Gasteiger partial charge in [0.2, 0.25) is 0 Å². The number of benzene rings is 1. The summed E-state index contributed by atoms with van der Waals surface area (Å²) in [7, 11) is -4.13. The van der Waals surface area contributed by atoms with Crippen LogP contribution in [0.4, 0.5) is 0 Å². The van der Waals surface area contributed by atoms with E-state index in [0.29, 0.717) is 11.4 Å². The number of hydrogen-bond donors (Lipinski definition) is 0. The van der Waals surface area contributed by atoms with Gasteiger partial charge < -0.3 is 9.90 Å². The topological polar surface area (TPSA) is 92.1 Å². The maximum atomic E-state index is 12.5. The third-order valence-corrected chi connectivity index (χ3v) is 5.17. The minimum absolute atomic E-state index is 0.197. The molecule has 112 valence electrons. The van der Waals surface area contributed by atoms with Gasteiger partial charge in [-0.15, -0.1) is 0 Å². The van der Waals surface area contributed by atoms with Gasteiger partial charge in [-0.05, 0) is 32.0 Å². The first-order valence-electron chi connectivity index (χ1n) is 5.64. The number of carboxylic acid groups (broad SMARTS) is 1. The normalized spacial score (nSPS) is 11.6. The zero-order chi connectivity index (χ0) is 15.9. The number of hydrogen-bond acceptors (Lipinski definition) is 5. The zero-order valence-electron chi connectivity index (χ0n) is 10.9. The first-order valence-corrected chi connectivity index (χ1v) is 7.83. The predicted octanol–water partition coefficient (Wildman–Crippen LogP) is 1.41. The fraction of sp³-hybridized carbons (Fsp3) is 0.167. The minimum Gasteiger partial charge on any atom is -0.545 e. The Balaban J connectivity index is 2.74. The van der Waals surface area contributed by atoms with Crippen molar-refractivity contribution in [3.63, 3.8) is 0 Å². The third kappa shape index (κ3) is 2.76. The Morgan fingerprint density at radius 3 is 2.29 bits per heavy atom. The van der Waals surface area contributed by atoms with E-state index >= 15 is 0 Å². The van der Waals surface area contributed by atoms with Crippen molar-refractivity contribution < 1.29 is 18.3 Å². The maximum absolute atomic E-state index is 12.5. The Morgan fingerprint density at radius 1 is 1.19 bits per heavy atom. The SMILES string of the molecule is Cc1cc(C)n(S(=O)(=O)c2cc(C(=O)[O-])c(Cl)cc2Cl)n1. The van der Waals surface area contributed by atoms with Gasteiger partial charge in [-0.1, -0.05) is 23.2 Å². The largest absolute Gasteiger partial charge is 0.545 e. The predicted molar refractivity (Wildman–Crippen MR) is 75.1 cm³/mol. The van der Waals surface area contributed by atoms with E-state index in [0.717, 1.165) is 16.2 Å². The molecule has 0 spiro atoms. The second kappa shape index (κ2) is 5.32. The molecule has 0 amide bonds. The summed E-state index contributed by atoms with van der Waals surface area (Å²) in [5.41, 5.74) is 0.413. The monoisotopic (exact) mass is 347 g/mol. The summed E-state index contributed by atoms with van der Waals surface area (Å²) in [6.45, 7) is 3.19. The van der Waals surface area contributed by atoms with Gasteiger partial charge in [-0.25, -0.2) is 0 Å². The van der Waals surface area contributed by atoms with Crippen LogP contribution in [0.25, 0.3) is 0 Å². The maximum Gasteiger partial charge on any atom is 0.284 e. The Morgan fingerprint density at radius 2 is 1.81 bits per heavy atom. The molecule has 0 saturated heterocycles. The summed E-state index contributed by atoms with van der Waals surface area (Å²) >= 11 is 11.6. The molecular weight excluding hydrogens is 339 g/mol. The van der Waals surface area contributed by atoms with Gasteiger partial charge in [0.15, 0.2) is 0 Å². The molecule has 0 aliphatic carbocycles.